The highest BCUT2D eigenvalue weighted by Crippen LogP contribution is 2.30. The molecule has 25 heavy (non-hydrogen) atoms. The molecule has 0 spiro atoms. The fraction of sp³-hybridized carbons (Fsp3) is 0.158. The molecule has 0 aliphatic carbocycles. The van der Waals surface area contributed by atoms with Gasteiger partial charge in [0.2, 0.25) is 6.10 Å². The number of rotatable bonds is 4. The van der Waals surface area contributed by atoms with E-state index in [1.165, 1.54) is 17.0 Å². The van der Waals surface area contributed by atoms with E-state index in [1.807, 2.05) is 6.07 Å². The molecule has 4 nitrogen and oxygen atoms in total. The zero-order valence-corrected chi connectivity index (χ0v) is 14.5. The van der Waals surface area contributed by atoms with E-state index in [1.54, 1.807) is 50.5 Å². The van der Waals surface area contributed by atoms with Crippen LogP contribution in [0.3, 0.4) is 0 Å². The molecule has 2 aromatic carbocycles. The summed E-state index contributed by atoms with van der Waals surface area (Å²) in [5, 5.41) is 0.370. The number of ether oxygens (including phenoxy) is 1. The van der Waals surface area contributed by atoms with E-state index in [9.17, 15) is 14.0 Å². The van der Waals surface area contributed by atoms with Crippen molar-refractivity contribution in [2.45, 2.75) is 6.10 Å². The molecule has 0 fully saturated rings. The number of thiophene rings is 1. The van der Waals surface area contributed by atoms with Crippen LogP contribution in [0.2, 0.25) is 0 Å². The first-order valence-electron chi connectivity index (χ1n) is 7.62. The zero-order valence-electron chi connectivity index (χ0n) is 13.7. The minimum absolute atomic E-state index is 0.257. The molecule has 1 aromatic heterocycles. The van der Waals surface area contributed by atoms with Gasteiger partial charge in [-0.15, -0.1) is 11.3 Å². The van der Waals surface area contributed by atoms with Crippen LogP contribution in [-0.4, -0.2) is 30.9 Å². The number of esters is 1. The van der Waals surface area contributed by atoms with Gasteiger partial charge in [-0.3, -0.25) is 4.79 Å². The first kappa shape index (κ1) is 17.1. The van der Waals surface area contributed by atoms with E-state index in [-0.39, 0.29) is 10.8 Å². The third-order valence-electron chi connectivity index (χ3n) is 3.70. The monoisotopic (exact) mass is 357 g/mol. The summed E-state index contributed by atoms with van der Waals surface area (Å²) in [5.41, 5.74) is 0.585. The van der Waals surface area contributed by atoms with Crippen molar-refractivity contribution in [3.05, 3.63) is 70.9 Å². The molecule has 0 aliphatic heterocycles. The highest BCUT2D eigenvalue weighted by atomic mass is 32.1. The van der Waals surface area contributed by atoms with E-state index in [0.717, 1.165) is 11.3 Å². The van der Waals surface area contributed by atoms with Gasteiger partial charge < -0.3 is 9.64 Å². The van der Waals surface area contributed by atoms with Crippen molar-refractivity contribution in [2.75, 3.05) is 14.1 Å². The normalized spacial score (nSPS) is 12.0. The summed E-state index contributed by atoms with van der Waals surface area (Å²) in [6.45, 7) is 0. The van der Waals surface area contributed by atoms with Crippen LogP contribution >= 0.6 is 11.3 Å². The van der Waals surface area contributed by atoms with E-state index in [0.29, 0.717) is 15.6 Å². The van der Waals surface area contributed by atoms with Crippen molar-refractivity contribution in [1.82, 2.24) is 4.90 Å². The number of hydrogen-bond acceptors (Lipinski definition) is 4. The van der Waals surface area contributed by atoms with Crippen LogP contribution in [0.5, 0.6) is 0 Å². The molecule has 0 radical (unpaired) electrons. The van der Waals surface area contributed by atoms with Crippen molar-refractivity contribution < 1.29 is 18.7 Å². The Morgan fingerprint density at radius 3 is 2.44 bits per heavy atom. The van der Waals surface area contributed by atoms with E-state index < -0.39 is 17.9 Å². The maximum Gasteiger partial charge on any atom is 0.349 e. The molecule has 1 heterocycles. The summed E-state index contributed by atoms with van der Waals surface area (Å²) in [6, 6.07) is 14.9. The van der Waals surface area contributed by atoms with Gasteiger partial charge in [-0.1, -0.05) is 36.4 Å². The molecule has 0 unspecified atom stereocenters. The zero-order chi connectivity index (χ0) is 18.0. The molecule has 6 heteroatoms. The summed E-state index contributed by atoms with van der Waals surface area (Å²) >= 11 is 1.14. The topological polar surface area (TPSA) is 46.6 Å². The van der Waals surface area contributed by atoms with Gasteiger partial charge in [0, 0.05) is 29.7 Å². The van der Waals surface area contributed by atoms with Crippen LogP contribution in [0.4, 0.5) is 4.39 Å². The Morgan fingerprint density at radius 1 is 1.08 bits per heavy atom. The largest absolute Gasteiger partial charge is 0.443 e. The Balaban J connectivity index is 1.91. The Labute approximate surface area is 148 Å². The standard InChI is InChI=1S/C19H16FNO3S/c1-21(2)18(22)17(12-7-4-3-5-8-12)24-19(23)16-11-13-14(20)9-6-10-15(13)25-16/h3-11,17H,1-2H3/t17-/m0/s1. The van der Waals surface area contributed by atoms with Crippen molar-refractivity contribution in [3.8, 4) is 0 Å². The second-order valence-corrected chi connectivity index (χ2v) is 6.77. The Kier molecular flexibility index (Phi) is 4.81. The highest BCUT2D eigenvalue weighted by Gasteiger charge is 2.27. The van der Waals surface area contributed by atoms with Crippen LogP contribution in [-0.2, 0) is 9.53 Å². The SMILES string of the molecule is CN(C)C(=O)[C@@H](OC(=O)c1cc2c(F)cccc2s1)c1ccccc1. The molecule has 0 bridgehead atoms. The Bertz CT molecular complexity index is 921. The van der Waals surface area contributed by atoms with Gasteiger partial charge in [-0.2, -0.15) is 0 Å². The Morgan fingerprint density at radius 2 is 1.80 bits per heavy atom. The molecule has 1 amide bonds. The van der Waals surface area contributed by atoms with Crippen LogP contribution in [0.25, 0.3) is 10.1 Å². The molecular formula is C19H16FNO3S. The number of benzene rings is 2. The fourth-order valence-corrected chi connectivity index (χ4v) is 3.37. The number of halogens is 1. The number of carbonyl (C=O) groups excluding carboxylic acids is 2. The van der Waals surface area contributed by atoms with Crippen molar-refractivity contribution in [3.63, 3.8) is 0 Å². The van der Waals surface area contributed by atoms with E-state index in [4.69, 9.17) is 4.74 Å². The second kappa shape index (κ2) is 7.03. The van der Waals surface area contributed by atoms with Gasteiger partial charge in [-0.05, 0) is 18.2 Å². The van der Waals surface area contributed by atoms with Gasteiger partial charge in [0.15, 0.2) is 0 Å². The summed E-state index contributed by atoms with van der Waals surface area (Å²) in [4.78, 5) is 26.6. The number of fused-ring (bicyclic) bond motifs is 1. The Hall–Kier alpha value is -2.73. The highest BCUT2D eigenvalue weighted by molar-refractivity contribution is 7.20. The minimum Gasteiger partial charge on any atom is -0.443 e. The predicted octanol–water partition coefficient (Wildman–Crippen LogP) is 4.03. The molecule has 0 saturated carbocycles. The fourth-order valence-electron chi connectivity index (χ4n) is 2.41. The van der Waals surface area contributed by atoms with Crippen molar-refractivity contribution in [1.29, 1.82) is 0 Å². The van der Waals surface area contributed by atoms with Crippen molar-refractivity contribution >= 4 is 33.3 Å². The summed E-state index contributed by atoms with van der Waals surface area (Å²) in [6.07, 6.45) is -1.04. The molecule has 3 rings (SSSR count). The smallest absolute Gasteiger partial charge is 0.349 e. The lowest BCUT2D eigenvalue weighted by Crippen LogP contribution is -2.31. The number of nitrogens with zero attached hydrogens (tertiary/aromatic N) is 1. The minimum atomic E-state index is -1.04. The maximum atomic E-state index is 13.8. The molecule has 0 N–H and O–H groups in total. The second-order valence-electron chi connectivity index (χ2n) is 5.69. The molecule has 0 aliphatic rings. The van der Waals surface area contributed by atoms with Crippen LogP contribution < -0.4 is 0 Å². The predicted molar refractivity (Wildman–Crippen MR) is 95.1 cm³/mol. The first-order valence-corrected chi connectivity index (χ1v) is 8.44. The van der Waals surface area contributed by atoms with Gasteiger partial charge in [0.1, 0.15) is 10.7 Å². The molecular weight excluding hydrogens is 341 g/mol. The summed E-state index contributed by atoms with van der Waals surface area (Å²) < 4.78 is 19.9. The van der Waals surface area contributed by atoms with Crippen LogP contribution in [0.1, 0.15) is 21.3 Å². The average molecular weight is 357 g/mol. The third-order valence-corrected chi connectivity index (χ3v) is 4.78. The average Bonchev–Trinajstić information content (AvgIpc) is 3.05. The van der Waals surface area contributed by atoms with E-state index in [2.05, 4.69) is 0 Å². The number of hydrogen-bond donors (Lipinski definition) is 0. The molecule has 128 valence electrons. The number of carbonyl (C=O) groups is 2. The van der Waals surface area contributed by atoms with Gasteiger partial charge in [-0.25, -0.2) is 9.18 Å². The van der Waals surface area contributed by atoms with Crippen LogP contribution in [0.15, 0.2) is 54.6 Å². The maximum absolute atomic E-state index is 13.8. The first-order chi connectivity index (χ1) is 12.0. The molecule has 0 saturated heterocycles. The van der Waals surface area contributed by atoms with Crippen molar-refractivity contribution in [2.24, 2.45) is 0 Å². The lowest BCUT2D eigenvalue weighted by atomic mass is 10.1. The lowest BCUT2D eigenvalue weighted by molar-refractivity contribution is -0.138. The summed E-state index contributed by atoms with van der Waals surface area (Å²) in [7, 11) is 3.20. The number of amides is 1. The quantitative estimate of drug-likeness (QED) is 0.663. The summed E-state index contributed by atoms with van der Waals surface area (Å²) in [5.74, 6) is -1.38. The van der Waals surface area contributed by atoms with Gasteiger partial charge in [0.25, 0.3) is 5.91 Å². The van der Waals surface area contributed by atoms with Gasteiger partial charge >= 0.3 is 5.97 Å². The number of likely N-dealkylation sites (N-methyl/N-ethyl adjacent to an activating group) is 1. The van der Waals surface area contributed by atoms with Gasteiger partial charge in [0.05, 0.1) is 0 Å². The lowest BCUT2D eigenvalue weighted by Gasteiger charge is -2.20. The van der Waals surface area contributed by atoms with Crippen LogP contribution in [0, 0.1) is 5.82 Å². The van der Waals surface area contributed by atoms with E-state index >= 15 is 0 Å². The molecule has 3 aromatic rings. The third kappa shape index (κ3) is 3.53. The molecule has 1 atom stereocenters.